The first kappa shape index (κ1) is 50.2. The Morgan fingerprint density at radius 1 is 0.588 bits per heavy atom. The number of carbonyl (C=O) groups excluding carboxylic acids is 1. The Balaban J connectivity index is 4.23. The molecule has 0 saturated carbocycles. The van der Waals surface area contributed by atoms with Crippen LogP contribution in [0, 0.1) is 0 Å². The van der Waals surface area contributed by atoms with Crippen LogP contribution < -0.4 is 4.89 Å². The Morgan fingerprint density at radius 3 is 1.49 bits per heavy atom. The van der Waals surface area contributed by atoms with Gasteiger partial charge < -0.3 is 27.9 Å². The molecule has 0 aliphatic heterocycles. The Hall–Kier alpha value is -0.760. The fourth-order valence-corrected chi connectivity index (χ4v) is 6.66. The average Bonchev–Trinajstić information content (AvgIpc) is 3.08. The van der Waals surface area contributed by atoms with Crippen LogP contribution in [0.1, 0.15) is 194 Å². The molecule has 9 heteroatoms. The fraction of sp³-hybridized carbons (Fsp3) is 0.929. The van der Waals surface area contributed by atoms with Crippen LogP contribution in [-0.4, -0.2) is 70.7 Å². The third-order valence-corrected chi connectivity index (χ3v) is 10.3. The van der Waals surface area contributed by atoms with Gasteiger partial charge in [-0.2, -0.15) is 0 Å². The normalized spacial score (nSPS) is 13.9. The second-order valence-electron chi connectivity index (χ2n) is 15.7. The van der Waals surface area contributed by atoms with E-state index in [2.05, 4.69) is 26.0 Å². The zero-order valence-electron chi connectivity index (χ0n) is 34.3. The molecule has 0 rings (SSSR count). The predicted octanol–water partition coefficient (Wildman–Crippen LogP) is 11.6. The lowest BCUT2D eigenvalue weighted by Gasteiger charge is -2.28. The maximum absolute atomic E-state index is 12.5. The quantitative estimate of drug-likeness (QED) is 0.0203. The van der Waals surface area contributed by atoms with Gasteiger partial charge in [-0.15, -0.1) is 0 Å². The van der Waals surface area contributed by atoms with Gasteiger partial charge in [-0.05, 0) is 38.5 Å². The van der Waals surface area contributed by atoms with Gasteiger partial charge in [0.2, 0.25) is 0 Å². The van der Waals surface area contributed by atoms with Crippen molar-refractivity contribution in [3.8, 4) is 0 Å². The molecular formula is C42H84NO7P. The number of unbranched alkanes of at least 4 members (excludes halogenated alkanes) is 24. The molecule has 0 aromatic heterocycles. The summed E-state index contributed by atoms with van der Waals surface area (Å²) in [5, 5.41) is 0. The van der Waals surface area contributed by atoms with Gasteiger partial charge >= 0.3 is 5.97 Å². The van der Waals surface area contributed by atoms with E-state index in [9.17, 15) is 14.3 Å². The SMILES string of the molecule is CCCCCCCC/C=C\CCCCCCCCO[C@H](COC(=O)CCCCCCCCCCCCCCC)COP(=O)([O-])OCC[N+](C)(C)C. The number of allylic oxidation sites excluding steroid dienone is 2. The average molecular weight is 746 g/mol. The predicted molar refractivity (Wildman–Crippen MR) is 213 cm³/mol. The van der Waals surface area contributed by atoms with Crippen LogP contribution in [0.15, 0.2) is 12.2 Å². The van der Waals surface area contributed by atoms with Crippen molar-refractivity contribution in [1.29, 1.82) is 0 Å². The Bertz CT molecular complexity index is 833. The van der Waals surface area contributed by atoms with E-state index in [1.807, 2.05) is 21.1 Å². The first-order valence-corrected chi connectivity index (χ1v) is 22.9. The summed E-state index contributed by atoms with van der Waals surface area (Å²) in [6.45, 7) is 5.30. The summed E-state index contributed by atoms with van der Waals surface area (Å²) < 4.78 is 34.6. The largest absolute Gasteiger partial charge is 0.756 e. The summed E-state index contributed by atoms with van der Waals surface area (Å²) in [5.41, 5.74) is 0. The molecule has 0 radical (unpaired) electrons. The lowest BCUT2D eigenvalue weighted by molar-refractivity contribution is -0.870. The van der Waals surface area contributed by atoms with Gasteiger partial charge in [0.15, 0.2) is 0 Å². The molecule has 0 amide bonds. The van der Waals surface area contributed by atoms with E-state index in [0.717, 1.165) is 38.5 Å². The highest BCUT2D eigenvalue weighted by molar-refractivity contribution is 7.45. The van der Waals surface area contributed by atoms with Crippen molar-refractivity contribution in [2.45, 2.75) is 200 Å². The van der Waals surface area contributed by atoms with Gasteiger partial charge in [-0.25, -0.2) is 0 Å². The fourth-order valence-electron chi connectivity index (χ4n) is 5.93. The van der Waals surface area contributed by atoms with E-state index in [4.69, 9.17) is 18.5 Å². The van der Waals surface area contributed by atoms with Gasteiger partial charge in [-0.1, -0.05) is 161 Å². The molecule has 0 heterocycles. The molecule has 0 bridgehead atoms. The summed E-state index contributed by atoms with van der Waals surface area (Å²) in [6, 6.07) is 0. The first-order chi connectivity index (χ1) is 24.6. The Morgan fingerprint density at radius 2 is 1.02 bits per heavy atom. The zero-order valence-corrected chi connectivity index (χ0v) is 35.2. The van der Waals surface area contributed by atoms with Crippen LogP contribution in [0.3, 0.4) is 0 Å². The first-order valence-electron chi connectivity index (χ1n) is 21.4. The van der Waals surface area contributed by atoms with E-state index in [0.29, 0.717) is 24.1 Å². The van der Waals surface area contributed by atoms with Gasteiger partial charge in [0, 0.05) is 13.0 Å². The second-order valence-corrected chi connectivity index (χ2v) is 17.1. The molecule has 304 valence electrons. The molecule has 0 aromatic rings. The molecule has 0 saturated heterocycles. The number of hydrogen-bond donors (Lipinski definition) is 0. The standard InChI is InChI=1S/C42H84NO7P/c1-6-8-10-12-14-16-18-20-21-22-24-26-28-30-32-34-37-47-41(40-50-51(45,46)49-38-36-43(3,4)5)39-48-42(44)35-33-31-29-27-25-23-19-17-15-13-11-9-7-2/h20-21,41H,6-19,22-40H2,1-5H3/b21-20-/t41-/m1/s1. The highest BCUT2D eigenvalue weighted by Crippen LogP contribution is 2.38. The molecule has 51 heavy (non-hydrogen) atoms. The third kappa shape index (κ3) is 40.3. The smallest absolute Gasteiger partial charge is 0.305 e. The lowest BCUT2D eigenvalue weighted by Crippen LogP contribution is -2.37. The molecule has 0 aliphatic carbocycles. The minimum absolute atomic E-state index is 0.0253. The minimum Gasteiger partial charge on any atom is -0.756 e. The number of rotatable bonds is 40. The highest BCUT2D eigenvalue weighted by Gasteiger charge is 2.19. The summed E-state index contributed by atoms with van der Waals surface area (Å²) in [7, 11) is 1.41. The van der Waals surface area contributed by atoms with Crippen LogP contribution in [-0.2, 0) is 27.9 Å². The summed E-state index contributed by atoms with van der Waals surface area (Å²) >= 11 is 0. The van der Waals surface area contributed by atoms with E-state index < -0.39 is 13.9 Å². The molecule has 0 aromatic carbocycles. The van der Waals surface area contributed by atoms with Gasteiger partial charge in [0.25, 0.3) is 7.82 Å². The van der Waals surface area contributed by atoms with Crippen LogP contribution >= 0.6 is 7.82 Å². The molecule has 8 nitrogen and oxygen atoms in total. The van der Waals surface area contributed by atoms with Crippen molar-refractivity contribution >= 4 is 13.8 Å². The van der Waals surface area contributed by atoms with Gasteiger partial charge in [-0.3, -0.25) is 9.36 Å². The molecule has 0 spiro atoms. The van der Waals surface area contributed by atoms with Crippen LogP contribution in [0.4, 0.5) is 0 Å². The summed E-state index contributed by atoms with van der Waals surface area (Å²) in [5.74, 6) is -0.270. The van der Waals surface area contributed by atoms with E-state index in [1.165, 1.54) is 135 Å². The number of esters is 1. The van der Waals surface area contributed by atoms with Gasteiger partial charge in [0.1, 0.15) is 25.9 Å². The van der Waals surface area contributed by atoms with Crippen LogP contribution in [0.5, 0.6) is 0 Å². The van der Waals surface area contributed by atoms with Crippen molar-refractivity contribution < 1.29 is 37.3 Å². The minimum atomic E-state index is -4.49. The number of quaternary nitrogens is 1. The molecule has 0 fully saturated rings. The summed E-state index contributed by atoms with van der Waals surface area (Å²) in [4.78, 5) is 24.8. The number of ether oxygens (including phenoxy) is 2. The number of carbonyl (C=O) groups is 1. The topological polar surface area (TPSA) is 94.1 Å². The van der Waals surface area contributed by atoms with E-state index in [1.54, 1.807) is 0 Å². The van der Waals surface area contributed by atoms with Crippen LogP contribution in [0.2, 0.25) is 0 Å². The monoisotopic (exact) mass is 746 g/mol. The lowest BCUT2D eigenvalue weighted by atomic mass is 10.0. The zero-order chi connectivity index (χ0) is 37.7. The molecule has 1 unspecified atom stereocenters. The van der Waals surface area contributed by atoms with Crippen LogP contribution in [0.25, 0.3) is 0 Å². The molecular weight excluding hydrogens is 661 g/mol. The summed E-state index contributed by atoms with van der Waals surface area (Å²) in [6.07, 6.45) is 38.0. The van der Waals surface area contributed by atoms with E-state index in [-0.39, 0.29) is 25.8 Å². The number of hydrogen-bond acceptors (Lipinski definition) is 7. The maximum Gasteiger partial charge on any atom is 0.305 e. The number of phosphoric ester groups is 1. The van der Waals surface area contributed by atoms with Crippen molar-refractivity contribution in [2.24, 2.45) is 0 Å². The van der Waals surface area contributed by atoms with Crippen molar-refractivity contribution in [1.82, 2.24) is 0 Å². The van der Waals surface area contributed by atoms with Crippen molar-refractivity contribution in [2.75, 3.05) is 54.1 Å². The molecule has 0 N–H and O–H groups in total. The second kappa shape index (κ2) is 36.2. The van der Waals surface area contributed by atoms with Gasteiger partial charge in [0.05, 0.1) is 27.7 Å². The highest BCUT2D eigenvalue weighted by atomic mass is 31.2. The Labute approximate surface area is 316 Å². The number of likely N-dealkylation sites (N-methyl/N-ethyl adjacent to an activating group) is 1. The molecule has 2 atom stereocenters. The maximum atomic E-state index is 12.5. The molecule has 0 aliphatic rings. The van der Waals surface area contributed by atoms with Crippen molar-refractivity contribution in [3.63, 3.8) is 0 Å². The Kier molecular flexibility index (Phi) is 35.7. The van der Waals surface area contributed by atoms with E-state index >= 15 is 0 Å². The number of nitrogens with zero attached hydrogens (tertiary/aromatic N) is 1. The third-order valence-electron chi connectivity index (χ3n) is 9.35. The van der Waals surface area contributed by atoms with Crippen molar-refractivity contribution in [3.05, 3.63) is 12.2 Å². The number of phosphoric acid groups is 1.